The van der Waals surface area contributed by atoms with Crippen LogP contribution in [0.25, 0.3) is 11.5 Å². The van der Waals surface area contributed by atoms with Crippen molar-refractivity contribution < 1.29 is 13.9 Å². The summed E-state index contributed by atoms with van der Waals surface area (Å²) >= 11 is 0. The molecule has 7 heteroatoms. The maximum atomic E-state index is 12.8. The highest BCUT2D eigenvalue weighted by molar-refractivity contribution is 5.68. The van der Waals surface area contributed by atoms with Gasteiger partial charge in [0.1, 0.15) is 12.9 Å². The molecule has 0 radical (unpaired) electrons. The molecule has 5 rings (SSSR count). The van der Waals surface area contributed by atoms with Gasteiger partial charge in [0.15, 0.2) is 0 Å². The zero-order valence-corrected chi connectivity index (χ0v) is 20.1. The smallest absolute Gasteiger partial charge is 0.407 e. The molecule has 1 saturated heterocycles. The van der Waals surface area contributed by atoms with Crippen LogP contribution >= 0.6 is 0 Å². The Morgan fingerprint density at radius 1 is 1.06 bits per heavy atom. The minimum absolute atomic E-state index is 0.0420. The van der Waals surface area contributed by atoms with Crippen LogP contribution in [-0.4, -0.2) is 42.3 Å². The monoisotopic (exact) mass is 474 g/mol. The molecule has 0 unspecified atom stereocenters. The second kappa shape index (κ2) is 11.4. The zero-order valence-electron chi connectivity index (χ0n) is 20.1. The number of hydrogen-bond donors (Lipinski definition) is 2. The van der Waals surface area contributed by atoms with Crippen molar-refractivity contribution in [2.75, 3.05) is 18.0 Å². The molecule has 1 aromatic heterocycles. The highest BCUT2D eigenvalue weighted by atomic mass is 16.5. The molecule has 0 spiro atoms. The van der Waals surface area contributed by atoms with Gasteiger partial charge in [0.2, 0.25) is 5.89 Å². The summed E-state index contributed by atoms with van der Waals surface area (Å²) in [6.07, 6.45) is 9.48. The number of hydrogen-bond acceptors (Lipinski definition) is 6. The lowest BCUT2D eigenvalue weighted by molar-refractivity contribution is 0.130. The van der Waals surface area contributed by atoms with Crippen molar-refractivity contribution >= 4 is 11.8 Å². The number of alkyl carbamates (subject to hydrolysis) is 1. The Morgan fingerprint density at radius 3 is 2.63 bits per heavy atom. The number of ether oxygens (including phenoxy) is 1. The normalized spacial score (nSPS) is 22.3. The Labute approximate surface area is 206 Å². The van der Waals surface area contributed by atoms with Crippen LogP contribution in [0, 0.1) is 0 Å². The molecule has 2 fully saturated rings. The molecule has 3 atom stereocenters. The van der Waals surface area contributed by atoms with E-state index in [-0.39, 0.29) is 24.8 Å². The largest absolute Gasteiger partial charge is 0.445 e. The second-order valence-corrected chi connectivity index (χ2v) is 9.46. The third-order valence-electron chi connectivity index (χ3n) is 7.11. The second-order valence-electron chi connectivity index (χ2n) is 9.46. The molecule has 2 aromatic carbocycles. The molecule has 2 aliphatic rings. The van der Waals surface area contributed by atoms with Gasteiger partial charge in [-0.2, -0.15) is 0 Å². The number of piperidine rings is 1. The van der Waals surface area contributed by atoms with E-state index < -0.39 is 0 Å². The molecule has 1 aliphatic carbocycles. The number of rotatable bonds is 7. The number of oxazole rings is 1. The van der Waals surface area contributed by atoms with Crippen LogP contribution in [0.5, 0.6) is 0 Å². The van der Waals surface area contributed by atoms with Gasteiger partial charge < -0.3 is 24.7 Å². The number of carbonyl (C=O) groups is 1. The van der Waals surface area contributed by atoms with Gasteiger partial charge in [0, 0.05) is 29.9 Å². The number of carbonyl (C=O) groups excluding carboxylic acids is 1. The highest BCUT2D eigenvalue weighted by Crippen LogP contribution is 2.33. The first-order valence-electron chi connectivity index (χ1n) is 12.7. The van der Waals surface area contributed by atoms with Gasteiger partial charge in [-0.1, -0.05) is 43.2 Å². The number of amides is 1. The summed E-state index contributed by atoms with van der Waals surface area (Å²) in [4.78, 5) is 19.6. The predicted molar refractivity (Wildman–Crippen MR) is 136 cm³/mol. The Hall–Kier alpha value is -3.32. The van der Waals surface area contributed by atoms with Crippen molar-refractivity contribution in [1.29, 1.82) is 0 Å². The number of aromatic nitrogens is 1. The summed E-state index contributed by atoms with van der Waals surface area (Å²) in [6, 6.07) is 18.9. The van der Waals surface area contributed by atoms with E-state index in [4.69, 9.17) is 9.15 Å². The van der Waals surface area contributed by atoms with E-state index in [9.17, 15) is 4.79 Å². The van der Waals surface area contributed by atoms with E-state index in [2.05, 4.69) is 44.8 Å². The zero-order chi connectivity index (χ0) is 23.9. The lowest BCUT2D eigenvalue weighted by Crippen LogP contribution is -2.59. The molecule has 1 amide bonds. The Balaban J connectivity index is 1.33. The maximum absolute atomic E-state index is 12.8. The molecule has 1 aliphatic heterocycles. The topological polar surface area (TPSA) is 79.6 Å². The fraction of sp³-hybridized carbons (Fsp3) is 0.429. The van der Waals surface area contributed by atoms with Crippen molar-refractivity contribution in [3.05, 3.63) is 72.6 Å². The highest BCUT2D eigenvalue weighted by Gasteiger charge is 2.36. The van der Waals surface area contributed by atoms with Crippen molar-refractivity contribution in [2.24, 2.45) is 0 Å². The average Bonchev–Trinajstić information content (AvgIpc) is 3.46. The van der Waals surface area contributed by atoms with Crippen LogP contribution in [0.3, 0.4) is 0 Å². The molecule has 3 aromatic rings. The molecule has 2 heterocycles. The van der Waals surface area contributed by atoms with Crippen LogP contribution < -0.4 is 15.5 Å². The summed E-state index contributed by atoms with van der Waals surface area (Å²) < 4.78 is 11.0. The molecule has 0 bridgehead atoms. The summed E-state index contributed by atoms with van der Waals surface area (Å²) in [5.41, 5.74) is 3.12. The van der Waals surface area contributed by atoms with Gasteiger partial charge in [0.05, 0.1) is 12.2 Å². The van der Waals surface area contributed by atoms with Gasteiger partial charge >= 0.3 is 6.09 Å². The predicted octanol–water partition coefficient (Wildman–Crippen LogP) is 5.14. The Morgan fingerprint density at radius 2 is 1.89 bits per heavy atom. The SMILES string of the molecule is O=C(N[C@@H]1CCCC[C@H]1N(c1ccc(-c2ncco2)cc1)[C@H]1CCCNC1)OCc1ccccc1. The van der Waals surface area contributed by atoms with Gasteiger partial charge in [-0.3, -0.25) is 0 Å². The Bertz CT molecular complexity index is 1050. The van der Waals surface area contributed by atoms with Crippen LogP contribution in [0.4, 0.5) is 10.5 Å². The fourth-order valence-electron chi connectivity index (χ4n) is 5.41. The van der Waals surface area contributed by atoms with Crippen molar-refractivity contribution in [3.63, 3.8) is 0 Å². The average molecular weight is 475 g/mol. The maximum Gasteiger partial charge on any atom is 0.407 e. The summed E-state index contributed by atoms with van der Waals surface area (Å²) in [6.45, 7) is 2.29. The van der Waals surface area contributed by atoms with Crippen LogP contribution in [0.15, 0.2) is 71.5 Å². The van der Waals surface area contributed by atoms with Crippen molar-refractivity contribution in [1.82, 2.24) is 15.6 Å². The third-order valence-corrected chi connectivity index (χ3v) is 7.11. The summed E-state index contributed by atoms with van der Waals surface area (Å²) in [5, 5.41) is 6.79. The molecule has 35 heavy (non-hydrogen) atoms. The number of nitrogens with zero attached hydrogens (tertiary/aromatic N) is 2. The van der Waals surface area contributed by atoms with E-state index >= 15 is 0 Å². The minimum Gasteiger partial charge on any atom is -0.445 e. The van der Waals surface area contributed by atoms with E-state index in [0.717, 1.165) is 62.7 Å². The summed E-state index contributed by atoms with van der Waals surface area (Å²) in [5.74, 6) is 0.626. The molecule has 1 saturated carbocycles. The van der Waals surface area contributed by atoms with Gasteiger partial charge in [0.25, 0.3) is 0 Å². The first-order valence-corrected chi connectivity index (χ1v) is 12.7. The quantitative estimate of drug-likeness (QED) is 0.494. The van der Waals surface area contributed by atoms with Gasteiger partial charge in [-0.25, -0.2) is 9.78 Å². The first kappa shape index (κ1) is 23.4. The van der Waals surface area contributed by atoms with Gasteiger partial charge in [-0.15, -0.1) is 0 Å². The van der Waals surface area contributed by atoms with E-state index in [1.807, 2.05) is 30.3 Å². The van der Waals surface area contributed by atoms with Crippen molar-refractivity contribution in [3.8, 4) is 11.5 Å². The van der Waals surface area contributed by atoms with Crippen LogP contribution in [-0.2, 0) is 11.3 Å². The van der Waals surface area contributed by atoms with E-state index in [0.29, 0.717) is 11.9 Å². The van der Waals surface area contributed by atoms with E-state index in [1.54, 1.807) is 12.5 Å². The number of nitrogens with one attached hydrogen (secondary N) is 2. The third kappa shape index (κ3) is 5.85. The molecule has 7 nitrogen and oxygen atoms in total. The molecular formula is C28H34N4O3. The van der Waals surface area contributed by atoms with Gasteiger partial charge in [-0.05, 0) is 62.1 Å². The molecule has 184 valence electrons. The van der Waals surface area contributed by atoms with Crippen LogP contribution in [0.2, 0.25) is 0 Å². The lowest BCUT2D eigenvalue weighted by Gasteiger charge is -2.46. The molecule has 2 N–H and O–H groups in total. The minimum atomic E-state index is -0.341. The number of anilines is 1. The fourth-order valence-corrected chi connectivity index (χ4v) is 5.41. The Kier molecular flexibility index (Phi) is 7.63. The van der Waals surface area contributed by atoms with Crippen molar-refractivity contribution in [2.45, 2.75) is 63.3 Å². The molecular weight excluding hydrogens is 440 g/mol. The number of benzene rings is 2. The summed E-state index contributed by atoms with van der Waals surface area (Å²) in [7, 11) is 0. The standard InChI is InChI=1S/C28H34N4O3/c33-28(35-20-21-7-2-1-3-8-21)31-25-10-4-5-11-26(25)32(24-9-6-16-29-19-24)23-14-12-22(13-15-23)27-30-17-18-34-27/h1-3,7-8,12-15,17-18,24-26,29H,4-6,9-11,16,19-20H2,(H,31,33)/t24-,25+,26+/m0/s1. The van der Waals surface area contributed by atoms with E-state index in [1.165, 1.54) is 5.69 Å². The first-order chi connectivity index (χ1) is 17.3. The van der Waals surface area contributed by atoms with Crippen LogP contribution in [0.1, 0.15) is 44.1 Å². The lowest BCUT2D eigenvalue weighted by atomic mass is 9.87.